The van der Waals surface area contributed by atoms with Crippen LogP contribution in [0, 0.1) is 0 Å². The minimum absolute atomic E-state index is 0.189. The highest BCUT2D eigenvalue weighted by molar-refractivity contribution is 7.89. The van der Waals surface area contributed by atoms with E-state index in [1.165, 1.54) is 12.1 Å². The number of benzene rings is 2. The number of imidazole rings is 1. The minimum Gasteiger partial charge on any atom is -0.327 e. The number of hydrogen-bond acceptors (Lipinski definition) is 3. The Morgan fingerprint density at radius 1 is 1.12 bits per heavy atom. The number of nitrogens with zero attached hydrogens (tertiary/aromatic N) is 2. The molecule has 0 saturated carbocycles. The zero-order chi connectivity index (χ0) is 18.0. The van der Waals surface area contributed by atoms with E-state index in [0.29, 0.717) is 11.4 Å². The van der Waals surface area contributed by atoms with Crippen LogP contribution in [-0.4, -0.2) is 18.0 Å². The number of para-hydroxylation sites is 2. The van der Waals surface area contributed by atoms with E-state index in [2.05, 4.69) is 9.71 Å². The number of fused-ring (bicyclic) bond motifs is 1. The minimum atomic E-state index is -3.66. The van der Waals surface area contributed by atoms with Crippen molar-refractivity contribution in [2.45, 2.75) is 37.8 Å². The SMILES string of the molecule is CCC(NS(=O)(=O)c1ccc(Cl)cc1)c1nc2ccccc2n1CC. The van der Waals surface area contributed by atoms with Crippen molar-refractivity contribution in [3.63, 3.8) is 0 Å². The van der Waals surface area contributed by atoms with Crippen LogP contribution < -0.4 is 4.72 Å². The Balaban J connectivity index is 1.99. The van der Waals surface area contributed by atoms with Crippen LogP contribution in [-0.2, 0) is 16.6 Å². The van der Waals surface area contributed by atoms with Gasteiger partial charge in [0, 0.05) is 11.6 Å². The molecular weight excluding hydrogens is 358 g/mol. The predicted molar refractivity (Wildman–Crippen MR) is 100 cm³/mol. The molecule has 2 aromatic carbocycles. The van der Waals surface area contributed by atoms with E-state index in [-0.39, 0.29) is 4.90 Å². The van der Waals surface area contributed by atoms with Gasteiger partial charge in [-0.1, -0.05) is 30.7 Å². The Morgan fingerprint density at radius 3 is 2.44 bits per heavy atom. The van der Waals surface area contributed by atoms with E-state index in [0.717, 1.165) is 23.4 Å². The Hall–Kier alpha value is -1.89. The van der Waals surface area contributed by atoms with Gasteiger partial charge in [-0.2, -0.15) is 0 Å². The van der Waals surface area contributed by atoms with Crippen molar-refractivity contribution in [1.29, 1.82) is 0 Å². The van der Waals surface area contributed by atoms with Gasteiger partial charge >= 0.3 is 0 Å². The van der Waals surface area contributed by atoms with Crippen molar-refractivity contribution in [2.24, 2.45) is 0 Å². The van der Waals surface area contributed by atoms with Crippen molar-refractivity contribution in [3.05, 3.63) is 59.4 Å². The average molecular weight is 378 g/mol. The van der Waals surface area contributed by atoms with Crippen molar-refractivity contribution in [1.82, 2.24) is 14.3 Å². The molecule has 0 amide bonds. The Bertz CT molecular complexity index is 981. The topological polar surface area (TPSA) is 64.0 Å². The molecule has 25 heavy (non-hydrogen) atoms. The van der Waals surface area contributed by atoms with E-state index >= 15 is 0 Å². The maximum absolute atomic E-state index is 12.7. The lowest BCUT2D eigenvalue weighted by Gasteiger charge is -2.18. The van der Waals surface area contributed by atoms with Crippen LogP contribution in [0.1, 0.15) is 32.1 Å². The highest BCUT2D eigenvalue weighted by atomic mass is 35.5. The molecule has 5 nitrogen and oxygen atoms in total. The zero-order valence-electron chi connectivity index (χ0n) is 14.1. The smallest absolute Gasteiger partial charge is 0.241 e. The third-order valence-corrected chi connectivity index (χ3v) is 5.88. The molecule has 3 rings (SSSR count). The summed E-state index contributed by atoms with van der Waals surface area (Å²) in [5.74, 6) is 0.726. The molecule has 1 N–H and O–H groups in total. The predicted octanol–water partition coefficient (Wildman–Crippen LogP) is 4.14. The first-order valence-electron chi connectivity index (χ1n) is 8.19. The molecule has 1 atom stereocenters. The molecule has 0 saturated heterocycles. The first-order valence-corrected chi connectivity index (χ1v) is 10.1. The van der Waals surface area contributed by atoms with Gasteiger partial charge in [-0.3, -0.25) is 0 Å². The molecule has 132 valence electrons. The lowest BCUT2D eigenvalue weighted by molar-refractivity contribution is 0.522. The van der Waals surface area contributed by atoms with Gasteiger partial charge < -0.3 is 4.57 Å². The van der Waals surface area contributed by atoms with Gasteiger partial charge in [-0.25, -0.2) is 18.1 Å². The van der Waals surface area contributed by atoms with Gasteiger partial charge in [0.2, 0.25) is 10.0 Å². The molecule has 1 heterocycles. The summed E-state index contributed by atoms with van der Waals surface area (Å²) in [7, 11) is -3.66. The summed E-state index contributed by atoms with van der Waals surface area (Å²) >= 11 is 5.85. The highest BCUT2D eigenvalue weighted by Gasteiger charge is 2.24. The molecule has 0 spiro atoms. The van der Waals surface area contributed by atoms with E-state index in [1.54, 1.807) is 12.1 Å². The second-order valence-electron chi connectivity index (χ2n) is 5.74. The van der Waals surface area contributed by atoms with Crippen LogP contribution in [0.4, 0.5) is 0 Å². The quantitative estimate of drug-likeness (QED) is 0.702. The number of halogens is 1. The van der Waals surface area contributed by atoms with Crippen molar-refractivity contribution < 1.29 is 8.42 Å². The van der Waals surface area contributed by atoms with Crippen molar-refractivity contribution in [3.8, 4) is 0 Å². The molecule has 0 fully saturated rings. The van der Waals surface area contributed by atoms with Gasteiger partial charge in [0.1, 0.15) is 5.82 Å². The van der Waals surface area contributed by atoms with Crippen LogP contribution in [0.25, 0.3) is 11.0 Å². The number of sulfonamides is 1. The van der Waals surface area contributed by atoms with E-state index < -0.39 is 16.1 Å². The third-order valence-electron chi connectivity index (χ3n) is 4.14. The molecule has 1 unspecified atom stereocenters. The maximum atomic E-state index is 12.7. The summed E-state index contributed by atoms with van der Waals surface area (Å²) < 4.78 is 30.2. The summed E-state index contributed by atoms with van der Waals surface area (Å²) in [6, 6.07) is 13.5. The Labute approximate surface area is 152 Å². The molecule has 0 aliphatic carbocycles. The number of aryl methyl sites for hydroxylation is 1. The fraction of sp³-hybridized carbons (Fsp3) is 0.278. The Morgan fingerprint density at radius 2 is 1.80 bits per heavy atom. The van der Waals surface area contributed by atoms with Crippen molar-refractivity contribution >= 4 is 32.7 Å². The molecule has 0 aliphatic rings. The number of hydrogen-bond donors (Lipinski definition) is 1. The van der Waals surface area contributed by atoms with E-state index in [4.69, 9.17) is 11.6 Å². The molecule has 3 aromatic rings. The number of aromatic nitrogens is 2. The average Bonchev–Trinajstić information content (AvgIpc) is 2.98. The van der Waals surface area contributed by atoms with Gasteiger partial charge in [-0.05, 0) is 49.7 Å². The molecule has 1 aromatic heterocycles. The summed E-state index contributed by atoms with van der Waals surface area (Å²) in [5.41, 5.74) is 1.87. The Kier molecular flexibility index (Phi) is 5.13. The van der Waals surface area contributed by atoms with Gasteiger partial charge in [0.15, 0.2) is 0 Å². The number of rotatable bonds is 6. The third kappa shape index (κ3) is 3.56. The molecule has 0 radical (unpaired) electrons. The summed E-state index contributed by atoms with van der Waals surface area (Å²) in [6.07, 6.45) is 0.593. The van der Waals surface area contributed by atoms with Gasteiger partial charge in [-0.15, -0.1) is 0 Å². The fourth-order valence-electron chi connectivity index (χ4n) is 2.88. The fourth-order valence-corrected chi connectivity index (χ4v) is 4.28. The first-order chi connectivity index (χ1) is 12.0. The van der Waals surface area contributed by atoms with E-state index in [1.807, 2.05) is 42.7 Å². The maximum Gasteiger partial charge on any atom is 0.241 e. The summed E-state index contributed by atoms with van der Waals surface area (Å²) in [6.45, 7) is 4.68. The van der Waals surface area contributed by atoms with Crippen molar-refractivity contribution in [2.75, 3.05) is 0 Å². The summed E-state index contributed by atoms with van der Waals surface area (Å²) in [4.78, 5) is 4.85. The van der Waals surface area contributed by atoms with Crippen LogP contribution in [0.3, 0.4) is 0 Å². The zero-order valence-corrected chi connectivity index (χ0v) is 15.7. The second-order valence-corrected chi connectivity index (χ2v) is 7.89. The lowest BCUT2D eigenvalue weighted by Crippen LogP contribution is -2.30. The monoisotopic (exact) mass is 377 g/mol. The molecule has 0 aliphatic heterocycles. The summed E-state index contributed by atoms with van der Waals surface area (Å²) in [5, 5.41) is 0.499. The molecule has 7 heteroatoms. The molecule has 0 bridgehead atoms. The van der Waals surface area contributed by atoms with Crippen LogP contribution >= 0.6 is 11.6 Å². The standard InChI is InChI=1S/C18H20ClN3O2S/c1-3-15(21-25(23,24)14-11-9-13(19)10-12-14)18-20-16-7-5-6-8-17(16)22(18)4-2/h5-12,15,21H,3-4H2,1-2H3. The number of nitrogens with one attached hydrogen (secondary N) is 1. The van der Waals surface area contributed by atoms with Crippen LogP contribution in [0.2, 0.25) is 5.02 Å². The van der Waals surface area contributed by atoms with Gasteiger partial charge in [0.25, 0.3) is 0 Å². The van der Waals surface area contributed by atoms with Crippen LogP contribution in [0.5, 0.6) is 0 Å². The lowest BCUT2D eigenvalue weighted by atomic mass is 10.2. The van der Waals surface area contributed by atoms with Gasteiger partial charge in [0.05, 0.1) is 22.0 Å². The molecular formula is C18H20ClN3O2S. The van der Waals surface area contributed by atoms with E-state index in [9.17, 15) is 8.42 Å². The first kappa shape index (κ1) is 17.9. The largest absolute Gasteiger partial charge is 0.327 e. The second kappa shape index (κ2) is 7.15. The normalized spacial score (nSPS) is 13.2. The van der Waals surface area contributed by atoms with Crippen LogP contribution in [0.15, 0.2) is 53.4 Å². The highest BCUT2D eigenvalue weighted by Crippen LogP contribution is 2.25.